The molecule has 1 aliphatic rings. The Labute approximate surface area is 108 Å². The van der Waals surface area contributed by atoms with Crippen molar-refractivity contribution >= 4 is 6.47 Å². The molecule has 0 aromatic heterocycles. The lowest BCUT2D eigenvalue weighted by Gasteiger charge is -2.32. The summed E-state index contributed by atoms with van der Waals surface area (Å²) in [4.78, 5) is 14.9. The SMILES string of the molecule is CN1CCN(Cc2ccc(COC=O)cc2)CC1. The van der Waals surface area contributed by atoms with Gasteiger partial charge in [-0.25, -0.2) is 0 Å². The van der Waals surface area contributed by atoms with Gasteiger partial charge in [0.15, 0.2) is 0 Å². The number of nitrogens with zero attached hydrogens (tertiary/aromatic N) is 2. The lowest BCUT2D eigenvalue weighted by atomic mass is 10.1. The molecule has 98 valence electrons. The molecule has 0 bridgehead atoms. The maximum Gasteiger partial charge on any atom is 0.293 e. The van der Waals surface area contributed by atoms with Gasteiger partial charge in [0.25, 0.3) is 6.47 Å². The van der Waals surface area contributed by atoms with Crippen molar-refractivity contribution < 1.29 is 9.53 Å². The minimum atomic E-state index is 0.359. The van der Waals surface area contributed by atoms with Gasteiger partial charge in [-0.15, -0.1) is 0 Å². The Balaban J connectivity index is 1.84. The second-order valence-electron chi connectivity index (χ2n) is 4.80. The summed E-state index contributed by atoms with van der Waals surface area (Å²) in [5, 5.41) is 0. The topological polar surface area (TPSA) is 32.8 Å². The first-order valence-electron chi connectivity index (χ1n) is 6.32. The zero-order valence-corrected chi connectivity index (χ0v) is 10.8. The van der Waals surface area contributed by atoms with Crippen molar-refractivity contribution in [3.63, 3.8) is 0 Å². The van der Waals surface area contributed by atoms with E-state index in [4.69, 9.17) is 4.74 Å². The maximum atomic E-state index is 10.1. The highest BCUT2D eigenvalue weighted by Gasteiger charge is 2.13. The molecule has 0 aliphatic carbocycles. The summed E-state index contributed by atoms with van der Waals surface area (Å²) < 4.78 is 4.72. The molecule has 0 spiro atoms. The molecule has 18 heavy (non-hydrogen) atoms. The zero-order chi connectivity index (χ0) is 12.8. The van der Waals surface area contributed by atoms with Gasteiger partial charge >= 0.3 is 0 Å². The third kappa shape index (κ3) is 3.82. The Kier molecular flexibility index (Phi) is 4.73. The van der Waals surface area contributed by atoms with Crippen LogP contribution in [-0.2, 0) is 22.7 Å². The zero-order valence-electron chi connectivity index (χ0n) is 10.8. The third-order valence-electron chi connectivity index (χ3n) is 3.34. The predicted molar refractivity (Wildman–Crippen MR) is 70.1 cm³/mol. The van der Waals surface area contributed by atoms with Crippen molar-refractivity contribution in [3.8, 4) is 0 Å². The summed E-state index contributed by atoms with van der Waals surface area (Å²) >= 11 is 0. The van der Waals surface area contributed by atoms with Crippen molar-refractivity contribution in [2.75, 3.05) is 33.2 Å². The fraction of sp³-hybridized carbons (Fsp3) is 0.500. The first-order valence-corrected chi connectivity index (χ1v) is 6.32. The largest absolute Gasteiger partial charge is 0.463 e. The van der Waals surface area contributed by atoms with E-state index in [9.17, 15) is 4.79 Å². The fourth-order valence-electron chi connectivity index (χ4n) is 2.14. The molecule has 0 amide bonds. The Hall–Kier alpha value is -1.39. The standard InChI is InChI=1S/C14H20N2O2/c1-15-6-8-16(9-7-15)10-13-2-4-14(5-3-13)11-18-12-17/h2-5,12H,6-11H2,1H3. The summed E-state index contributed by atoms with van der Waals surface area (Å²) in [6.45, 7) is 6.40. The molecule has 0 atom stereocenters. The van der Waals surface area contributed by atoms with E-state index in [1.807, 2.05) is 12.1 Å². The number of benzene rings is 1. The van der Waals surface area contributed by atoms with Crippen LogP contribution in [-0.4, -0.2) is 49.5 Å². The number of ether oxygens (including phenoxy) is 1. The van der Waals surface area contributed by atoms with E-state index >= 15 is 0 Å². The van der Waals surface area contributed by atoms with Crippen molar-refractivity contribution in [3.05, 3.63) is 35.4 Å². The Morgan fingerprint density at radius 1 is 1.11 bits per heavy atom. The van der Waals surface area contributed by atoms with Gasteiger partial charge in [0.05, 0.1) is 0 Å². The summed E-state index contributed by atoms with van der Waals surface area (Å²) in [6, 6.07) is 8.27. The molecule has 1 aromatic carbocycles. The van der Waals surface area contributed by atoms with Crippen LogP contribution in [0, 0.1) is 0 Å². The molecule has 1 aromatic rings. The number of likely N-dealkylation sites (N-methyl/N-ethyl adjacent to an activating group) is 1. The Morgan fingerprint density at radius 2 is 1.72 bits per heavy atom. The van der Waals surface area contributed by atoms with Crippen LogP contribution in [0.25, 0.3) is 0 Å². The number of rotatable bonds is 5. The molecule has 1 aliphatic heterocycles. The highest BCUT2D eigenvalue weighted by molar-refractivity contribution is 5.37. The normalized spacial score (nSPS) is 17.6. The minimum absolute atomic E-state index is 0.359. The van der Waals surface area contributed by atoms with Gasteiger partial charge in [0.2, 0.25) is 0 Å². The molecule has 0 saturated carbocycles. The molecular formula is C14H20N2O2. The van der Waals surface area contributed by atoms with E-state index in [0.29, 0.717) is 13.1 Å². The van der Waals surface area contributed by atoms with Crippen molar-refractivity contribution in [1.29, 1.82) is 0 Å². The first kappa shape index (κ1) is 13.1. The lowest BCUT2D eigenvalue weighted by molar-refractivity contribution is -0.129. The molecule has 0 radical (unpaired) electrons. The second-order valence-corrected chi connectivity index (χ2v) is 4.80. The van der Waals surface area contributed by atoms with E-state index in [1.54, 1.807) is 0 Å². The van der Waals surface area contributed by atoms with Crippen LogP contribution in [0.2, 0.25) is 0 Å². The van der Waals surface area contributed by atoms with Gasteiger partial charge in [-0.1, -0.05) is 24.3 Å². The molecular weight excluding hydrogens is 228 g/mol. The number of piperazine rings is 1. The number of carbonyl (C=O) groups is 1. The molecule has 4 nitrogen and oxygen atoms in total. The molecule has 4 heteroatoms. The van der Waals surface area contributed by atoms with E-state index in [0.717, 1.165) is 38.3 Å². The van der Waals surface area contributed by atoms with Gasteiger partial charge < -0.3 is 9.64 Å². The van der Waals surface area contributed by atoms with Crippen LogP contribution in [0.3, 0.4) is 0 Å². The fourth-order valence-corrected chi connectivity index (χ4v) is 2.14. The first-order chi connectivity index (χ1) is 8.78. The molecule has 1 saturated heterocycles. The van der Waals surface area contributed by atoms with Crippen LogP contribution in [0.15, 0.2) is 24.3 Å². The summed E-state index contributed by atoms with van der Waals surface area (Å²) in [5.41, 5.74) is 2.35. The molecule has 1 heterocycles. The van der Waals surface area contributed by atoms with Crippen LogP contribution in [0.1, 0.15) is 11.1 Å². The second kappa shape index (κ2) is 6.52. The Morgan fingerprint density at radius 3 is 2.33 bits per heavy atom. The van der Waals surface area contributed by atoms with Gasteiger partial charge in [-0.2, -0.15) is 0 Å². The molecule has 0 unspecified atom stereocenters. The van der Waals surface area contributed by atoms with E-state index in [-0.39, 0.29) is 0 Å². The van der Waals surface area contributed by atoms with Crippen LogP contribution in [0.4, 0.5) is 0 Å². The Bertz CT molecular complexity index is 370. The quantitative estimate of drug-likeness (QED) is 0.731. The summed E-state index contributed by atoms with van der Waals surface area (Å²) in [5.74, 6) is 0. The summed E-state index contributed by atoms with van der Waals surface area (Å²) in [6.07, 6.45) is 0. The summed E-state index contributed by atoms with van der Waals surface area (Å²) in [7, 11) is 2.17. The highest BCUT2D eigenvalue weighted by Crippen LogP contribution is 2.10. The maximum absolute atomic E-state index is 10.1. The van der Waals surface area contributed by atoms with E-state index in [2.05, 4.69) is 29.0 Å². The van der Waals surface area contributed by atoms with Crippen molar-refractivity contribution in [1.82, 2.24) is 9.80 Å². The van der Waals surface area contributed by atoms with Gasteiger partial charge in [0, 0.05) is 32.7 Å². The highest BCUT2D eigenvalue weighted by atomic mass is 16.5. The van der Waals surface area contributed by atoms with E-state index < -0.39 is 0 Å². The van der Waals surface area contributed by atoms with Gasteiger partial charge in [-0.3, -0.25) is 9.69 Å². The molecule has 1 fully saturated rings. The van der Waals surface area contributed by atoms with Crippen molar-refractivity contribution in [2.24, 2.45) is 0 Å². The predicted octanol–water partition coefficient (Wildman–Crippen LogP) is 1.11. The number of carbonyl (C=O) groups excluding carboxylic acids is 1. The number of hydrogen-bond donors (Lipinski definition) is 0. The van der Waals surface area contributed by atoms with Crippen molar-refractivity contribution in [2.45, 2.75) is 13.2 Å². The minimum Gasteiger partial charge on any atom is -0.463 e. The number of hydrogen-bond acceptors (Lipinski definition) is 4. The lowest BCUT2D eigenvalue weighted by Crippen LogP contribution is -2.43. The monoisotopic (exact) mass is 248 g/mol. The van der Waals surface area contributed by atoms with Gasteiger partial charge in [-0.05, 0) is 18.2 Å². The van der Waals surface area contributed by atoms with Crippen LogP contribution in [0.5, 0.6) is 0 Å². The third-order valence-corrected chi connectivity index (χ3v) is 3.34. The average Bonchev–Trinajstić information content (AvgIpc) is 2.41. The van der Waals surface area contributed by atoms with Crippen LogP contribution < -0.4 is 0 Å². The van der Waals surface area contributed by atoms with E-state index in [1.165, 1.54) is 5.56 Å². The van der Waals surface area contributed by atoms with Gasteiger partial charge in [0.1, 0.15) is 6.61 Å². The molecule has 0 N–H and O–H groups in total. The average molecular weight is 248 g/mol. The molecule has 2 rings (SSSR count). The smallest absolute Gasteiger partial charge is 0.293 e. The van der Waals surface area contributed by atoms with Crippen LogP contribution >= 0.6 is 0 Å².